The summed E-state index contributed by atoms with van der Waals surface area (Å²) in [5, 5.41) is 13.0. The Hall–Kier alpha value is -2.33. The molecule has 2 aliphatic rings. The molecule has 0 aromatic heterocycles. The van der Waals surface area contributed by atoms with Crippen LogP contribution in [0.5, 0.6) is 11.5 Å². The van der Waals surface area contributed by atoms with Gasteiger partial charge in [-0.25, -0.2) is 0 Å². The fraction of sp³-hybridized carbons (Fsp3) is 0.350. The predicted molar refractivity (Wildman–Crippen MR) is 91.2 cm³/mol. The molecule has 2 aromatic rings. The van der Waals surface area contributed by atoms with E-state index in [0.29, 0.717) is 6.42 Å². The number of fused-ring (bicyclic) bond motifs is 2. The number of nitrogens with one attached hydrogen (secondary N) is 1. The molecule has 0 bridgehead atoms. The molecule has 1 amide bonds. The van der Waals surface area contributed by atoms with E-state index in [0.717, 1.165) is 41.9 Å². The second kappa shape index (κ2) is 6.29. The molecule has 2 atom stereocenters. The van der Waals surface area contributed by atoms with E-state index in [1.807, 2.05) is 48.5 Å². The summed E-state index contributed by atoms with van der Waals surface area (Å²) < 4.78 is 5.94. The lowest BCUT2D eigenvalue weighted by atomic mass is 9.86. The standard InChI is InChI=1S/C20H21NO3/c22-14-7-5-6-13(12-14)21-20(23)19-15-8-1-3-10-17(15)24-18-11-4-2-9-16(18)19/h1-4,8-11,13-14,19,22H,5-7,12H2,(H,21,23)/t13-,14+/m0/s1. The molecule has 124 valence electrons. The molecule has 1 saturated carbocycles. The number of rotatable bonds is 2. The first-order valence-corrected chi connectivity index (χ1v) is 8.56. The third kappa shape index (κ3) is 2.78. The van der Waals surface area contributed by atoms with E-state index in [2.05, 4.69) is 5.32 Å². The molecule has 0 radical (unpaired) electrons. The first kappa shape index (κ1) is 15.2. The Morgan fingerprint density at radius 1 is 1.00 bits per heavy atom. The van der Waals surface area contributed by atoms with Crippen molar-refractivity contribution >= 4 is 5.91 Å². The summed E-state index contributed by atoms with van der Waals surface area (Å²) in [6.45, 7) is 0. The monoisotopic (exact) mass is 323 g/mol. The van der Waals surface area contributed by atoms with Crippen molar-refractivity contribution in [1.29, 1.82) is 0 Å². The van der Waals surface area contributed by atoms with Crippen molar-refractivity contribution in [2.75, 3.05) is 0 Å². The van der Waals surface area contributed by atoms with Gasteiger partial charge in [-0.1, -0.05) is 36.4 Å². The minimum absolute atomic E-state index is 0.0164. The normalized spacial score (nSPS) is 22.9. The van der Waals surface area contributed by atoms with E-state index in [1.165, 1.54) is 0 Å². The van der Waals surface area contributed by atoms with E-state index in [1.54, 1.807) is 0 Å². The lowest BCUT2D eigenvalue weighted by Gasteiger charge is -2.31. The fourth-order valence-corrected chi connectivity index (χ4v) is 3.77. The highest BCUT2D eigenvalue weighted by atomic mass is 16.5. The summed E-state index contributed by atoms with van der Waals surface area (Å²) in [5.74, 6) is 1.09. The molecule has 1 fully saturated rings. The van der Waals surface area contributed by atoms with Gasteiger partial charge in [0, 0.05) is 17.2 Å². The van der Waals surface area contributed by atoms with Gasteiger partial charge in [-0.05, 0) is 37.8 Å². The Kier molecular flexibility index (Phi) is 3.98. The van der Waals surface area contributed by atoms with Crippen LogP contribution in [-0.4, -0.2) is 23.2 Å². The van der Waals surface area contributed by atoms with Gasteiger partial charge in [0.25, 0.3) is 0 Å². The van der Waals surface area contributed by atoms with Crippen molar-refractivity contribution in [3.8, 4) is 11.5 Å². The summed E-state index contributed by atoms with van der Waals surface area (Å²) in [6.07, 6.45) is 3.04. The van der Waals surface area contributed by atoms with Gasteiger partial charge in [0.15, 0.2) is 0 Å². The predicted octanol–water partition coefficient (Wildman–Crippen LogP) is 3.34. The van der Waals surface area contributed by atoms with Crippen LogP contribution in [0, 0.1) is 0 Å². The number of hydrogen-bond acceptors (Lipinski definition) is 3. The number of carbonyl (C=O) groups is 1. The van der Waals surface area contributed by atoms with Gasteiger partial charge in [0.05, 0.1) is 12.0 Å². The summed E-state index contributed by atoms with van der Waals surface area (Å²) in [4.78, 5) is 13.1. The van der Waals surface area contributed by atoms with Crippen LogP contribution in [-0.2, 0) is 4.79 Å². The van der Waals surface area contributed by atoms with Gasteiger partial charge < -0.3 is 15.2 Å². The number of aliphatic hydroxyl groups is 1. The maximum absolute atomic E-state index is 13.1. The summed E-state index contributed by atoms with van der Waals surface area (Å²) in [7, 11) is 0. The highest BCUT2D eigenvalue weighted by Gasteiger charge is 2.34. The summed E-state index contributed by atoms with van der Waals surface area (Å²) in [6, 6.07) is 15.4. The highest BCUT2D eigenvalue weighted by molar-refractivity contribution is 5.89. The van der Waals surface area contributed by atoms with Crippen LogP contribution in [0.4, 0.5) is 0 Å². The van der Waals surface area contributed by atoms with E-state index < -0.39 is 0 Å². The zero-order valence-electron chi connectivity index (χ0n) is 13.4. The second-order valence-electron chi connectivity index (χ2n) is 6.64. The van der Waals surface area contributed by atoms with Gasteiger partial charge in [0.2, 0.25) is 5.91 Å². The Balaban J connectivity index is 1.65. The summed E-state index contributed by atoms with van der Waals surface area (Å²) in [5.41, 5.74) is 1.79. The molecule has 1 aliphatic heterocycles. The zero-order valence-corrected chi connectivity index (χ0v) is 13.4. The number of hydrogen-bond donors (Lipinski definition) is 2. The minimum atomic E-state index is -0.370. The SMILES string of the molecule is O=C(N[C@H]1CCC[C@@H](O)C1)C1c2ccccc2Oc2ccccc21. The largest absolute Gasteiger partial charge is 0.457 e. The maximum atomic E-state index is 13.1. The third-order valence-electron chi connectivity index (χ3n) is 4.94. The Morgan fingerprint density at radius 3 is 2.25 bits per heavy atom. The van der Waals surface area contributed by atoms with Gasteiger partial charge in [-0.3, -0.25) is 4.79 Å². The van der Waals surface area contributed by atoms with Crippen LogP contribution in [0.25, 0.3) is 0 Å². The average Bonchev–Trinajstić information content (AvgIpc) is 2.59. The Morgan fingerprint density at radius 2 is 1.62 bits per heavy atom. The van der Waals surface area contributed by atoms with Crippen molar-refractivity contribution in [1.82, 2.24) is 5.32 Å². The van der Waals surface area contributed by atoms with Crippen molar-refractivity contribution in [2.24, 2.45) is 0 Å². The topological polar surface area (TPSA) is 58.6 Å². The van der Waals surface area contributed by atoms with E-state index in [9.17, 15) is 9.90 Å². The number of amides is 1. The number of carbonyl (C=O) groups excluding carboxylic acids is 1. The highest BCUT2D eigenvalue weighted by Crippen LogP contribution is 2.44. The first-order chi connectivity index (χ1) is 11.7. The smallest absolute Gasteiger partial charge is 0.232 e. The van der Waals surface area contributed by atoms with E-state index >= 15 is 0 Å². The van der Waals surface area contributed by atoms with Gasteiger partial charge in [-0.15, -0.1) is 0 Å². The summed E-state index contributed by atoms with van der Waals surface area (Å²) >= 11 is 0. The molecule has 0 saturated heterocycles. The number of para-hydroxylation sites is 2. The quantitative estimate of drug-likeness (QED) is 0.891. The van der Waals surface area contributed by atoms with Crippen molar-refractivity contribution in [3.63, 3.8) is 0 Å². The molecule has 2 aromatic carbocycles. The molecule has 2 N–H and O–H groups in total. The second-order valence-corrected chi connectivity index (χ2v) is 6.64. The Labute approximate surface area is 141 Å². The molecular weight excluding hydrogens is 302 g/mol. The fourth-order valence-electron chi connectivity index (χ4n) is 3.77. The maximum Gasteiger partial charge on any atom is 0.232 e. The number of aliphatic hydroxyl groups excluding tert-OH is 1. The van der Waals surface area contributed by atoms with E-state index in [-0.39, 0.29) is 24.0 Å². The molecule has 1 aliphatic carbocycles. The molecule has 4 nitrogen and oxygen atoms in total. The van der Waals surface area contributed by atoms with Gasteiger partial charge >= 0.3 is 0 Å². The van der Waals surface area contributed by atoms with Crippen LogP contribution in [0.2, 0.25) is 0 Å². The molecule has 4 rings (SSSR count). The molecule has 24 heavy (non-hydrogen) atoms. The lowest BCUT2D eigenvalue weighted by molar-refractivity contribution is -0.123. The molecule has 4 heteroatoms. The van der Waals surface area contributed by atoms with E-state index in [4.69, 9.17) is 4.74 Å². The third-order valence-corrected chi connectivity index (χ3v) is 4.94. The first-order valence-electron chi connectivity index (χ1n) is 8.56. The molecule has 0 unspecified atom stereocenters. The lowest BCUT2D eigenvalue weighted by Crippen LogP contribution is -2.42. The number of benzene rings is 2. The Bertz CT molecular complexity index is 713. The van der Waals surface area contributed by atoms with Crippen molar-refractivity contribution in [3.05, 3.63) is 59.7 Å². The van der Waals surface area contributed by atoms with Crippen LogP contribution < -0.4 is 10.1 Å². The van der Waals surface area contributed by atoms with Gasteiger partial charge in [0.1, 0.15) is 11.5 Å². The van der Waals surface area contributed by atoms with Crippen LogP contribution in [0.15, 0.2) is 48.5 Å². The van der Waals surface area contributed by atoms with Gasteiger partial charge in [-0.2, -0.15) is 0 Å². The van der Waals surface area contributed by atoms with Crippen molar-refractivity contribution in [2.45, 2.75) is 43.7 Å². The van der Waals surface area contributed by atoms with Crippen LogP contribution in [0.3, 0.4) is 0 Å². The average molecular weight is 323 g/mol. The molecule has 1 heterocycles. The molecule has 0 spiro atoms. The van der Waals surface area contributed by atoms with Crippen LogP contribution in [0.1, 0.15) is 42.7 Å². The minimum Gasteiger partial charge on any atom is -0.457 e. The molecular formula is C20H21NO3. The zero-order chi connectivity index (χ0) is 16.5. The number of ether oxygens (including phenoxy) is 1. The van der Waals surface area contributed by atoms with Crippen LogP contribution >= 0.6 is 0 Å². The van der Waals surface area contributed by atoms with Crippen molar-refractivity contribution < 1.29 is 14.6 Å².